The van der Waals surface area contributed by atoms with E-state index >= 15 is 0 Å². The fourth-order valence-electron chi connectivity index (χ4n) is 3.00. The molecule has 3 heteroatoms. The van der Waals surface area contributed by atoms with E-state index in [-0.39, 0.29) is 0 Å². The van der Waals surface area contributed by atoms with Crippen molar-refractivity contribution >= 4 is 14.5 Å². The van der Waals surface area contributed by atoms with Crippen molar-refractivity contribution in [2.45, 2.75) is 51.4 Å². The van der Waals surface area contributed by atoms with Gasteiger partial charge in [-0.1, -0.05) is 22.8 Å². The molecule has 0 aliphatic carbocycles. The first-order chi connectivity index (χ1) is 8.81. The standard InChI is InChI=1S/C16H29NOSi/c1-14(2)10-19(11-15(3)4,12-16(5)6)9-7-8-17-13-18/h13H,1,3,5,7-12H2,2,4,6H3,(H,17,18). The van der Waals surface area contributed by atoms with Gasteiger partial charge in [-0.2, -0.15) is 0 Å². The maximum atomic E-state index is 10.3. The van der Waals surface area contributed by atoms with Crippen LogP contribution in [0.5, 0.6) is 0 Å². The molecular formula is C16H29NOSi. The number of hydrogen-bond acceptors (Lipinski definition) is 1. The summed E-state index contributed by atoms with van der Waals surface area (Å²) in [6.07, 6.45) is 1.82. The number of amides is 1. The van der Waals surface area contributed by atoms with E-state index in [1.165, 1.54) is 22.8 Å². The molecule has 0 heterocycles. The smallest absolute Gasteiger partial charge is 0.207 e. The van der Waals surface area contributed by atoms with E-state index in [0.717, 1.165) is 37.5 Å². The third-order valence-electron chi connectivity index (χ3n) is 3.14. The van der Waals surface area contributed by atoms with Crippen LogP contribution >= 0.6 is 0 Å². The summed E-state index contributed by atoms with van der Waals surface area (Å²) < 4.78 is 0. The van der Waals surface area contributed by atoms with Crippen LogP contribution in [0.15, 0.2) is 36.5 Å². The quantitative estimate of drug-likeness (QED) is 0.260. The molecule has 0 unspecified atom stereocenters. The molecule has 0 aromatic rings. The second kappa shape index (κ2) is 8.91. The zero-order valence-electron chi connectivity index (χ0n) is 12.8. The molecule has 0 radical (unpaired) electrons. The third kappa shape index (κ3) is 8.60. The first kappa shape index (κ1) is 17.9. The van der Waals surface area contributed by atoms with Crippen molar-refractivity contribution in [3.8, 4) is 0 Å². The first-order valence-electron chi connectivity index (χ1n) is 6.91. The van der Waals surface area contributed by atoms with Gasteiger partial charge in [-0.05, 0) is 45.3 Å². The van der Waals surface area contributed by atoms with E-state index in [1.807, 2.05) is 0 Å². The zero-order valence-corrected chi connectivity index (χ0v) is 13.8. The first-order valence-corrected chi connectivity index (χ1v) is 9.74. The predicted molar refractivity (Wildman–Crippen MR) is 88.1 cm³/mol. The van der Waals surface area contributed by atoms with Crippen LogP contribution in [-0.4, -0.2) is 21.0 Å². The molecule has 0 aliphatic rings. The molecule has 19 heavy (non-hydrogen) atoms. The lowest BCUT2D eigenvalue weighted by Gasteiger charge is -2.33. The van der Waals surface area contributed by atoms with Gasteiger partial charge in [0.25, 0.3) is 0 Å². The molecule has 0 atom stereocenters. The highest BCUT2D eigenvalue weighted by Gasteiger charge is 2.32. The van der Waals surface area contributed by atoms with Crippen molar-refractivity contribution in [2.75, 3.05) is 6.54 Å². The summed E-state index contributed by atoms with van der Waals surface area (Å²) in [5, 5.41) is 2.76. The topological polar surface area (TPSA) is 29.1 Å². The Balaban J connectivity index is 4.87. The summed E-state index contributed by atoms with van der Waals surface area (Å²) in [6, 6.07) is 4.59. The molecule has 2 nitrogen and oxygen atoms in total. The summed E-state index contributed by atoms with van der Waals surface area (Å²) in [7, 11) is -1.49. The van der Waals surface area contributed by atoms with Gasteiger partial charge in [-0.15, -0.1) is 19.7 Å². The minimum Gasteiger partial charge on any atom is -0.359 e. The van der Waals surface area contributed by atoms with Gasteiger partial charge >= 0.3 is 0 Å². The van der Waals surface area contributed by atoms with Crippen LogP contribution in [0.25, 0.3) is 0 Å². The summed E-state index contributed by atoms with van der Waals surface area (Å²) in [4.78, 5) is 10.3. The van der Waals surface area contributed by atoms with Gasteiger partial charge in [0.1, 0.15) is 0 Å². The van der Waals surface area contributed by atoms with Crippen LogP contribution in [0.3, 0.4) is 0 Å². The van der Waals surface area contributed by atoms with Gasteiger partial charge in [0.2, 0.25) is 6.41 Å². The Bertz CT molecular complexity index is 306. The summed E-state index contributed by atoms with van der Waals surface area (Å²) in [6.45, 7) is 19.4. The van der Waals surface area contributed by atoms with E-state index in [1.54, 1.807) is 0 Å². The van der Waals surface area contributed by atoms with Crippen LogP contribution < -0.4 is 5.32 Å². The molecule has 0 spiro atoms. The summed E-state index contributed by atoms with van der Waals surface area (Å²) >= 11 is 0. The average Bonchev–Trinajstić information content (AvgIpc) is 2.21. The summed E-state index contributed by atoms with van der Waals surface area (Å²) in [5.74, 6) is 0. The maximum absolute atomic E-state index is 10.3. The second-order valence-corrected chi connectivity index (χ2v) is 10.6. The van der Waals surface area contributed by atoms with E-state index in [2.05, 4.69) is 45.8 Å². The van der Waals surface area contributed by atoms with Gasteiger partial charge < -0.3 is 5.32 Å². The predicted octanol–water partition coefficient (Wildman–Crippen LogP) is 4.30. The van der Waals surface area contributed by atoms with Crippen molar-refractivity contribution in [3.63, 3.8) is 0 Å². The molecule has 1 N–H and O–H groups in total. The number of hydrogen-bond donors (Lipinski definition) is 1. The average molecular weight is 280 g/mol. The minimum absolute atomic E-state index is 0.765. The van der Waals surface area contributed by atoms with E-state index in [9.17, 15) is 4.79 Å². The van der Waals surface area contributed by atoms with Gasteiger partial charge in [0.05, 0.1) is 8.07 Å². The Hall–Kier alpha value is -1.09. The molecular weight excluding hydrogens is 250 g/mol. The van der Waals surface area contributed by atoms with Crippen LogP contribution in [0.2, 0.25) is 24.2 Å². The van der Waals surface area contributed by atoms with Crippen molar-refractivity contribution in [3.05, 3.63) is 36.5 Å². The number of carbonyl (C=O) groups excluding carboxylic acids is 1. The Morgan fingerprint density at radius 3 is 1.74 bits per heavy atom. The molecule has 0 bridgehead atoms. The molecule has 108 valence electrons. The monoisotopic (exact) mass is 279 g/mol. The number of allylic oxidation sites excluding steroid dienone is 3. The highest BCUT2D eigenvalue weighted by molar-refractivity contribution is 6.81. The van der Waals surface area contributed by atoms with Gasteiger partial charge in [-0.25, -0.2) is 0 Å². The highest BCUT2D eigenvalue weighted by atomic mass is 28.3. The van der Waals surface area contributed by atoms with Gasteiger partial charge in [-0.3, -0.25) is 4.79 Å². The van der Waals surface area contributed by atoms with Gasteiger partial charge in [0.15, 0.2) is 0 Å². The van der Waals surface area contributed by atoms with Crippen LogP contribution in [0.4, 0.5) is 0 Å². The van der Waals surface area contributed by atoms with Crippen LogP contribution in [0.1, 0.15) is 27.2 Å². The molecule has 0 rings (SSSR count). The minimum atomic E-state index is -1.49. The molecule has 0 saturated heterocycles. The van der Waals surface area contributed by atoms with Crippen LogP contribution in [0, 0.1) is 0 Å². The van der Waals surface area contributed by atoms with Crippen molar-refractivity contribution in [1.29, 1.82) is 0 Å². The molecule has 0 aliphatic heterocycles. The molecule has 1 amide bonds. The number of rotatable bonds is 11. The largest absolute Gasteiger partial charge is 0.359 e. The number of carbonyl (C=O) groups is 1. The van der Waals surface area contributed by atoms with Crippen molar-refractivity contribution in [1.82, 2.24) is 5.32 Å². The fourth-order valence-corrected chi connectivity index (χ4v) is 8.67. The molecule has 0 aromatic heterocycles. The SMILES string of the molecule is C=C(C)C[Si](CCCNC=O)(CC(=C)C)CC(=C)C. The lowest BCUT2D eigenvalue weighted by Crippen LogP contribution is -2.35. The van der Waals surface area contributed by atoms with Gasteiger partial charge in [0, 0.05) is 6.54 Å². The molecule has 0 aromatic carbocycles. The normalized spacial score (nSPS) is 10.9. The lowest BCUT2D eigenvalue weighted by atomic mass is 10.4. The lowest BCUT2D eigenvalue weighted by molar-refractivity contribution is -0.109. The Morgan fingerprint density at radius 1 is 1.00 bits per heavy atom. The number of nitrogens with one attached hydrogen (secondary N) is 1. The van der Waals surface area contributed by atoms with Crippen molar-refractivity contribution in [2.24, 2.45) is 0 Å². The molecule has 0 saturated carbocycles. The Labute approximate surface area is 119 Å². The molecule has 0 fully saturated rings. The zero-order chi connectivity index (χ0) is 14.9. The van der Waals surface area contributed by atoms with E-state index < -0.39 is 8.07 Å². The highest BCUT2D eigenvalue weighted by Crippen LogP contribution is 2.34. The Morgan fingerprint density at radius 2 is 1.42 bits per heavy atom. The maximum Gasteiger partial charge on any atom is 0.207 e. The van der Waals surface area contributed by atoms with Crippen molar-refractivity contribution < 1.29 is 4.79 Å². The van der Waals surface area contributed by atoms with E-state index in [4.69, 9.17) is 0 Å². The van der Waals surface area contributed by atoms with Crippen LogP contribution in [-0.2, 0) is 4.79 Å². The fraction of sp³-hybridized carbons (Fsp3) is 0.562. The van der Waals surface area contributed by atoms with E-state index in [0.29, 0.717) is 0 Å². The Kier molecular flexibility index (Phi) is 8.40. The third-order valence-corrected chi connectivity index (χ3v) is 8.62. The second-order valence-electron chi connectivity index (χ2n) is 6.08. The summed E-state index contributed by atoms with van der Waals surface area (Å²) in [5.41, 5.74) is 3.78.